The minimum absolute atomic E-state index is 0.124. The van der Waals surface area contributed by atoms with E-state index in [0.717, 1.165) is 55.7 Å². The van der Waals surface area contributed by atoms with Crippen molar-refractivity contribution in [2.45, 2.75) is 6.42 Å². The molecule has 0 unspecified atom stereocenters. The largest absolute Gasteiger partial charge is 0.493 e. The summed E-state index contributed by atoms with van der Waals surface area (Å²) in [4.78, 5) is 9.39. The standard InChI is InChI=1S/C32H33N5O4/c1-36-12-14-37(15-13-36)11-6-16-39-29-18-27-25(17-28(29)38-2)30(23(19-33)20-34-27)35-26-10-9-24(22-7-4-3-5-8-22)31-32(26)41-21-40-31/h3-5,7-10,17-18,20H,6,11-16,21H2,1-2H3,(H,34,35). The summed E-state index contributed by atoms with van der Waals surface area (Å²) in [5.74, 6) is 2.49. The number of nitrogens with one attached hydrogen (secondary N) is 1. The number of likely N-dealkylation sites (N-methyl/N-ethyl adjacent to an activating group) is 1. The number of aromatic nitrogens is 1. The van der Waals surface area contributed by atoms with Crippen LogP contribution in [0.2, 0.25) is 0 Å². The normalized spacial score (nSPS) is 15.0. The number of methoxy groups -OCH3 is 1. The van der Waals surface area contributed by atoms with Gasteiger partial charge >= 0.3 is 0 Å². The van der Waals surface area contributed by atoms with E-state index in [1.165, 1.54) is 0 Å². The highest BCUT2D eigenvalue weighted by atomic mass is 16.7. The van der Waals surface area contributed by atoms with Gasteiger partial charge in [-0.25, -0.2) is 0 Å². The lowest BCUT2D eigenvalue weighted by Crippen LogP contribution is -2.44. The first-order valence-corrected chi connectivity index (χ1v) is 13.8. The summed E-state index contributed by atoms with van der Waals surface area (Å²) < 4.78 is 23.6. The van der Waals surface area contributed by atoms with Crippen molar-refractivity contribution in [1.82, 2.24) is 14.8 Å². The van der Waals surface area contributed by atoms with Crippen molar-refractivity contribution in [1.29, 1.82) is 5.26 Å². The smallest absolute Gasteiger partial charge is 0.231 e. The molecule has 0 amide bonds. The first kappa shape index (κ1) is 26.7. The van der Waals surface area contributed by atoms with Crippen LogP contribution in [0.3, 0.4) is 0 Å². The third-order valence-electron chi connectivity index (χ3n) is 7.61. The van der Waals surface area contributed by atoms with Crippen LogP contribution >= 0.6 is 0 Å². The number of rotatable bonds is 9. The molecule has 0 spiro atoms. The van der Waals surface area contributed by atoms with Crippen LogP contribution in [0.5, 0.6) is 23.0 Å². The highest BCUT2D eigenvalue weighted by Crippen LogP contribution is 2.48. The van der Waals surface area contributed by atoms with Gasteiger partial charge in [0, 0.05) is 55.9 Å². The van der Waals surface area contributed by atoms with Crippen LogP contribution in [0.1, 0.15) is 12.0 Å². The van der Waals surface area contributed by atoms with Crippen molar-refractivity contribution in [3.05, 3.63) is 66.4 Å². The van der Waals surface area contributed by atoms with E-state index in [9.17, 15) is 5.26 Å². The van der Waals surface area contributed by atoms with Crippen LogP contribution < -0.4 is 24.3 Å². The Morgan fingerprint density at radius 2 is 1.80 bits per heavy atom. The molecule has 0 saturated carbocycles. The fraction of sp³-hybridized carbons (Fsp3) is 0.312. The van der Waals surface area contributed by atoms with E-state index in [1.54, 1.807) is 13.3 Å². The maximum absolute atomic E-state index is 9.94. The lowest BCUT2D eigenvalue weighted by atomic mass is 10.0. The van der Waals surface area contributed by atoms with Gasteiger partial charge in [-0.1, -0.05) is 30.3 Å². The van der Waals surface area contributed by atoms with E-state index in [1.807, 2.05) is 54.6 Å². The van der Waals surface area contributed by atoms with E-state index in [0.29, 0.717) is 52.1 Å². The summed E-state index contributed by atoms with van der Waals surface area (Å²) in [6.45, 7) is 6.08. The van der Waals surface area contributed by atoms with Gasteiger partial charge in [0.05, 0.1) is 36.2 Å². The summed E-state index contributed by atoms with van der Waals surface area (Å²) in [6, 6.07) is 20.0. The Hall–Kier alpha value is -4.52. The van der Waals surface area contributed by atoms with Crippen molar-refractivity contribution in [3.63, 3.8) is 0 Å². The van der Waals surface area contributed by atoms with Crippen molar-refractivity contribution in [3.8, 4) is 40.2 Å². The van der Waals surface area contributed by atoms with Crippen LogP contribution in [0.15, 0.2) is 60.8 Å². The summed E-state index contributed by atoms with van der Waals surface area (Å²) in [5.41, 5.74) is 4.39. The van der Waals surface area contributed by atoms with Gasteiger partial charge in [-0.05, 0) is 37.2 Å². The molecule has 2 aliphatic heterocycles. The first-order valence-electron chi connectivity index (χ1n) is 13.8. The highest BCUT2D eigenvalue weighted by molar-refractivity contribution is 5.98. The van der Waals surface area contributed by atoms with Crippen LogP contribution in [-0.4, -0.2) is 75.1 Å². The third kappa shape index (κ3) is 5.57. The summed E-state index contributed by atoms with van der Waals surface area (Å²) in [6.07, 6.45) is 2.49. The summed E-state index contributed by atoms with van der Waals surface area (Å²) >= 11 is 0. The first-order chi connectivity index (χ1) is 20.1. The van der Waals surface area contributed by atoms with Gasteiger partial charge < -0.3 is 34.1 Å². The van der Waals surface area contributed by atoms with E-state index >= 15 is 0 Å². The SMILES string of the molecule is COc1cc2c(Nc3ccc(-c4ccccc4)c4c3OCO4)c(C#N)cnc2cc1OCCCN1CCN(C)CC1. The minimum atomic E-state index is 0.124. The Bertz CT molecular complexity index is 1580. The maximum Gasteiger partial charge on any atom is 0.231 e. The Kier molecular flexibility index (Phi) is 7.76. The number of hydrogen-bond acceptors (Lipinski definition) is 9. The zero-order chi connectivity index (χ0) is 28.2. The van der Waals surface area contributed by atoms with Crippen molar-refractivity contribution >= 4 is 22.3 Å². The van der Waals surface area contributed by atoms with Crippen molar-refractivity contribution in [2.24, 2.45) is 0 Å². The average molecular weight is 552 g/mol. The molecular weight excluding hydrogens is 518 g/mol. The number of benzene rings is 3. The van der Waals surface area contributed by atoms with Crippen molar-refractivity contribution in [2.75, 3.05) is 65.6 Å². The summed E-state index contributed by atoms with van der Waals surface area (Å²) in [7, 11) is 3.78. The third-order valence-corrected chi connectivity index (χ3v) is 7.61. The van der Waals surface area contributed by atoms with Gasteiger partial charge in [0.15, 0.2) is 23.0 Å². The minimum Gasteiger partial charge on any atom is -0.493 e. The molecule has 0 atom stereocenters. The van der Waals surface area contributed by atoms with Gasteiger partial charge in [-0.2, -0.15) is 5.26 Å². The molecule has 2 aliphatic rings. The average Bonchev–Trinajstić information content (AvgIpc) is 3.51. The fourth-order valence-corrected chi connectivity index (χ4v) is 5.31. The zero-order valence-electron chi connectivity index (χ0n) is 23.4. The molecule has 0 aliphatic carbocycles. The number of anilines is 2. The Morgan fingerprint density at radius 3 is 2.59 bits per heavy atom. The Labute approximate surface area is 239 Å². The number of nitrogens with zero attached hydrogens (tertiary/aromatic N) is 4. The molecule has 3 aromatic carbocycles. The predicted octanol–water partition coefficient (Wildman–Crippen LogP) is 5.27. The van der Waals surface area contributed by atoms with E-state index in [4.69, 9.17) is 18.9 Å². The zero-order valence-corrected chi connectivity index (χ0v) is 23.4. The molecule has 210 valence electrons. The van der Waals surface area contributed by atoms with Crippen LogP contribution in [0, 0.1) is 11.3 Å². The predicted molar refractivity (Wildman–Crippen MR) is 158 cm³/mol. The number of pyridine rings is 1. The highest BCUT2D eigenvalue weighted by Gasteiger charge is 2.24. The second-order valence-corrected chi connectivity index (χ2v) is 10.2. The molecule has 0 bridgehead atoms. The van der Waals surface area contributed by atoms with Crippen LogP contribution in [0.4, 0.5) is 11.4 Å². The molecule has 41 heavy (non-hydrogen) atoms. The van der Waals surface area contributed by atoms with Crippen molar-refractivity contribution < 1.29 is 18.9 Å². The number of fused-ring (bicyclic) bond motifs is 2. The Morgan fingerprint density at radius 1 is 1.00 bits per heavy atom. The topological polar surface area (TPSA) is 92.1 Å². The molecule has 9 nitrogen and oxygen atoms in total. The van der Waals surface area contributed by atoms with Crippen LogP contribution in [0.25, 0.3) is 22.0 Å². The van der Waals surface area contributed by atoms with E-state index in [2.05, 4.69) is 33.2 Å². The number of nitriles is 1. The quantitative estimate of drug-likeness (QED) is 0.279. The lowest BCUT2D eigenvalue weighted by Gasteiger charge is -2.32. The molecule has 4 aromatic rings. The number of hydrogen-bond donors (Lipinski definition) is 1. The van der Waals surface area contributed by atoms with Gasteiger partial charge in [-0.15, -0.1) is 0 Å². The molecule has 9 heteroatoms. The van der Waals surface area contributed by atoms with Gasteiger partial charge in [0.1, 0.15) is 6.07 Å². The summed E-state index contributed by atoms with van der Waals surface area (Å²) in [5, 5.41) is 14.1. The Balaban J connectivity index is 1.26. The maximum atomic E-state index is 9.94. The molecule has 3 heterocycles. The molecular formula is C32H33N5O4. The van der Waals surface area contributed by atoms with Gasteiger partial charge in [0.2, 0.25) is 6.79 Å². The van der Waals surface area contributed by atoms with E-state index in [-0.39, 0.29) is 6.79 Å². The lowest BCUT2D eigenvalue weighted by molar-refractivity contribution is 0.145. The van der Waals surface area contributed by atoms with E-state index < -0.39 is 0 Å². The molecule has 1 fully saturated rings. The second-order valence-electron chi connectivity index (χ2n) is 10.2. The molecule has 0 radical (unpaired) electrons. The molecule has 1 N–H and O–H groups in total. The van der Waals surface area contributed by atoms with Gasteiger partial charge in [-0.3, -0.25) is 4.98 Å². The second kappa shape index (κ2) is 11.9. The molecule has 1 aromatic heterocycles. The molecule has 6 rings (SSSR count). The van der Waals surface area contributed by atoms with Crippen LogP contribution in [-0.2, 0) is 0 Å². The monoisotopic (exact) mass is 551 g/mol. The number of piperazine rings is 1. The molecule has 1 saturated heterocycles. The number of ether oxygens (including phenoxy) is 4. The fourth-order valence-electron chi connectivity index (χ4n) is 5.31. The van der Waals surface area contributed by atoms with Gasteiger partial charge in [0.25, 0.3) is 0 Å².